The number of fused-ring (bicyclic) bond motifs is 3. The van der Waals surface area contributed by atoms with Crippen LogP contribution in [0.5, 0.6) is 11.5 Å². The van der Waals surface area contributed by atoms with Gasteiger partial charge in [-0.3, -0.25) is 0 Å². The van der Waals surface area contributed by atoms with E-state index in [1.54, 1.807) is 13.2 Å². The summed E-state index contributed by atoms with van der Waals surface area (Å²) < 4.78 is 11.2. The number of benzene rings is 2. The van der Waals surface area contributed by atoms with E-state index < -0.39 is 0 Å². The van der Waals surface area contributed by atoms with E-state index in [1.807, 2.05) is 18.2 Å². The monoisotopic (exact) mass is 333 g/mol. The molecular weight excluding hydrogens is 310 g/mol. The molecule has 0 amide bonds. The molecule has 2 aliphatic rings. The second-order valence-corrected chi connectivity index (χ2v) is 6.57. The minimum absolute atomic E-state index is 0.256. The van der Waals surface area contributed by atoms with Gasteiger partial charge < -0.3 is 14.8 Å². The fourth-order valence-corrected chi connectivity index (χ4v) is 4.00. The highest BCUT2D eigenvalue weighted by molar-refractivity contribution is 5.67. The molecule has 0 bridgehead atoms. The van der Waals surface area contributed by atoms with Crippen LogP contribution in [-0.4, -0.2) is 13.7 Å². The Balaban J connectivity index is 1.73. The van der Waals surface area contributed by atoms with Crippen LogP contribution >= 0.6 is 0 Å². The summed E-state index contributed by atoms with van der Waals surface area (Å²) in [6.45, 7) is 4.26. The second kappa shape index (κ2) is 6.67. The Labute approximate surface area is 149 Å². The molecule has 3 heteroatoms. The highest BCUT2D eigenvalue weighted by Crippen LogP contribution is 2.52. The second-order valence-electron chi connectivity index (χ2n) is 6.57. The molecule has 1 N–H and O–H groups in total. The van der Waals surface area contributed by atoms with E-state index >= 15 is 0 Å². The van der Waals surface area contributed by atoms with Crippen LogP contribution in [0.1, 0.15) is 29.5 Å². The van der Waals surface area contributed by atoms with Gasteiger partial charge in [-0.1, -0.05) is 49.1 Å². The summed E-state index contributed by atoms with van der Waals surface area (Å²) >= 11 is 0. The van der Waals surface area contributed by atoms with Gasteiger partial charge >= 0.3 is 0 Å². The maximum Gasteiger partial charge on any atom is 0.143 e. The van der Waals surface area contributed by atoms with Crippen LogP contribution in [0.2, 0.25) is 0 Å². The summed E-state index contributed by atoms with van der Waals surface area (Å²) in [7, 11) is 1.70. The average molecular weight is 333 g/mol. The highest BCUT2D eigenvalue weighted by atomic mass is 16.5. The first-order valence-electron chi connectivity index (χ1n) is 8.75. The van der Waals surface area contributed by atoms with Gasteiger partial charge in [0.1, 0.15) is 18.1 Å². The van der Waals surface area contributed by atoms with Gasteiger partial charge in [0.2, 0.25) is 0 Å². The largest absolute Gasteiger partial charge is 0.497 e. The zero-order valence-corrected chi connectivity index (χ0v) is 14.4. The lowest BCUT2D eigenvalue weighted by atomic mass is 9.77. The van der Waals surface area contributed by atoms with Gasteiger partial charge in [0.05, 0.1) is 18.8 Å². The molecule has 4 rings (SSSR count). The molecule has 2 aromatic rings. The fourth-order valence-electron chi connectivity index (χ4n) is 4.00. The smallest absolute Gasteiger partial charge is 0.143 e. The van der Waals surface area contributed by atoms with Crippen molar-refractivity contribution in [1.29, 1.82) is 0 Å². The number of nitrogens with one attached hydrogen (secondary N) is 1. The van der Waals surface area contributed by atoms with Crippen LogP contribution in [0.4, 0.5) is 5.69 Å². The third-order valence-corrected chi connectivity index (χ3v) is 5.19. The number of anilines is 1. The van der Waals surface area contributed by atoms with Gasteiger partial charge in [0, 0.05) is 5.92 Å². The minimum atomic E-state index is 0.256. The number of para-hydroxylation sites is 1. The quantitative estimate of drug-likeness (QED) is 0.773. The van der Waals surface area contributed by atoms with Crippen LogP contribution in [-0.2, 0) is 0 Å². The zero-order valence-electron chi connectivity index (χ0n) is 14.4. The molecule has 25 heavy (non-hydrogen) atoms. The van der Waals surface area contributed by atoms with Crippen molar-refractivity contribution in [2.24, 2.45) is 5.92 Å². The van der Waals surface area contributed by atoms with Gasteiger partial charge in [-0.2, -0.15) is 0 Å². The molecule has 1 heterocycles. The summed E-state index contributed by atoms with van der Waals surface area (Å²) in [5.74, 6) is 2.73. The molecule has 1 aliphatic carbocycles. The molecule has 0 saturated heterocycles. The fraction of sp³-hybridized carbons (Fsp3) is 0.273. The maximum absolute atomic E-state index is 5.90. The van der Waals surface area contributed by atoms with Crippen molar-refractivity contribution in [3.8, 4) is 11.5 Å². The summed E-state index contributed by atoms with van der Waals surface area (Å²) in [5.41, 5.74) is 3.71. The summed E-state index contributed by atoms with van der Waals surface area (Å²) in [4.78, 5) is 0. The van der Waals surface area contributed by atoms with Crippen LogP contribution in [0.3, 0.4) is 0 Å². The van der Waals surface area contributed by atoms with Crippen LogP contribution in [0.25, 0.3) is 0 Å². The lowest BCUT2D eigenvalue weighted by Gasteiger charge is -2.38. The first-order chi connectivity index (χ1) is 12.3. The van der Waals surface area contributed by atoms with Gasteiger partial charge in [-0.05, 0) is 41.7 Å². The van der Waals surface area contributed by atoms with Crippen molar-refractivity contribution in [2.75, 3.05) is 19.0 Å². The number of hydrogen-bond donors (Lipinski definition) is 1. The van der Waals surface area contributed by atoms with Crippen LogP contribution in [0.15, 0.2) is 67.3 Å². The summed E-state index contributed by atoms with van der Waals surface area (Å²) in [6, 6.07) is 14.9. The number of hydrogen-bond acceptors (Lipinski definition) is 3. The van der Waals surface area contributed by atoms with Gasteiger partial charge in [0.25, 0.3) is 0 Å². The number of ether oxygens (including phenoxy) is 2. The SMILES string of the molecule is C=CCOc1cccc2c1NC(c1ccc(OC)cc1)C1CC=CC21. The molecule has 1 aliphatic heterocycles. The molecule has 3 unspecified atom stereocenters. The average Bonchev–Trinajstić information content (AvgIpc) is 3.16. The van der Waals surface area contributed by atoms with E-state index in [9.17, 15) is 0 Å². The molecule has 0 radical (unpaired) electrons. The van der Waals surface area contributed by atoms with E-state index in [0.717, 1.165) is 23.6 Å². The summed E-state index contributed by atoms with van der Waals surface area (Å²) in [6.07, 6.45) is 7.52. The molecule has 0 fully saturated rings. The van der Waals surface area contributed by atoms with Crippen molar-refractivity contribution in [3.05, 3.63) is 78.4 Å². The van der Waals surface area contributed by atoms with Gasteiger partial charge in [-0.25, -0.2) is 0 Å². The van der Waals surface area contributed by atoms with Crippen molar-refractivity contribution in [1.82, 2.24) is 0 Å². The van der Waals surface area contributed by atoms with E-state index in [4.69, 9.17) is 9.47 Å². The van der Waals surface area contributed by atoms with Gasteiger partial charge in [0.15, 0.2) is 0 Å². The first-order valence-corrected chi connectivity index (χ1v) is 8.75. The van der Waals surface area contributed by atoms with Crippen molar-refractivity contribution in [3.63, 3.8) is 0 Å². The van der Waals surface area contributed by atoms with Crippen LogP contribution in [0, 0.1) is 5.92 Å². The Kier molecular flexibility index (Phi) is 4.22. The molecule has 0 saturated carbocycles. The van der Waals surface area contributed by atoms with Crippen LogP contribution < -0.4 is 14.8 Å². The lowest BCUT2D eigenvalue weighted by molar-refractivity contribution is 0.358. The molecule has 3 nitrogen and oxygen atoms in total. The highest BCUT2D eigenvalue weighted by Gasteiger charge is 2.38. The molecule has 0 spiro atoms. The predicted octanol–water partition coefficient (Wildman–Crippen LogP) is 5.09. The lowest BCUT2D eigenvalue weighted by Crippen LogP contribution is -2.29. The standard InChI is InChI=1S/C22H23NO2/c1-3-14-25-20-9-5-8-19-17-6-4-7-18(17)21(23-22(19)20)15-10-12-16(24-2)13-11-15/h3-6,8-13,17-18,21,23H,1,7,14H2,2H3. The third-order valence-electron chi connectivity index (χ3n) is 5.19. The maximum atomic E-state index is 5.90. The molecule has 3 atom stereocenters. The van der Waals surface area contributed by atoms with Crippen molar-refractivity contribution in [2.45, 2.75) is 18.4 Å². The first kappa shape index (κ1) is 15.8. The van der Waals surface area contributed by atoms with E-state index in [1.165, 1.54) is 11.1 Å². The third kappa shape index (κ3) is 2.80. The molecular formula is C22H23NO2. The number of allylic oxidation sites excluding steroid dienone is 2. The van der Waals surface area contributed by atoms with Crippen molar-refractivity contribution < 1.29 is 9.47 Å². The van der Waals surface area contributed by atoms with Crippen molar-refractivity contribution >= 4 is 5.69 Å². The summed E-state index contributed by atoms with van der Waals surface area (Å²) in [5, 5.41) is 3.76. The van der Waals surface area contributed by atoms with Gasteiger partial charge in [-0.15, -0.1) is 0 Å². The van der Waals surface area contributed by atoms with E-state index in [2.05, 4.69) is 48.3 Å². The topological polar surface area (TPSA) is 30.5 Å². The molecule has 128 valence electrons. The normalized spacial score (nSPS) is 23.3. The Morgan fingerprint density at radius 2 is 2.04 bits per heavy atom. The predicted molar refractivity (Wildman–Crippen MR) is 101 cm³/mol. The Morgan fingerprint density at radius 1 is 1.20 bits per heavy atom. The Bertz CT molecular complexity index is 794. The molecule has 2 aromatic carbocycles. The van der Waals surface area contributed by atoms with E-state index in [-0.39, 0.29) is 6.04 Å². The molecule has 0 aromatic heterocycles. The minimum Gasteiger partial charge on any atom is -0.497 e. The Morgan fingerprint density at radius 3 is 2.80 bits per heavy atom. The zero-order chi connectivity index (χ0) is 17.2. The number of methoxy groups -OCH3 is 1. The number of rotatable bonds is 5. The Hall–Kier alpha value is -2.68. The van der Waals surface area contributed by atoms with E-state index in [0.29, 0.717) is 18.4 Å².